The number of nitrogens with zero attached hydrogens (tertiary/aromatic N) is 4. The molecule has 0 radical (unpaired) electrons. The van der Waals surface area contributed by atoms with Gasteiger partial charge >= 0.3 is 0 Å². The molecule has 1 atom stereocenters. The van der Waals surface area contributed by atoms with Crippen LogP contribution in [-0.2, 0) is 4.79 Å². The number of anilines is 2. The maximum absolute atomic E-state index is 13.4. The second kappa shape index (κ2) is 9.67. The molecule has 0 aliphatic carbocycles. The van der Waals surface area contributed by atoms with Crippen molar-refractivity contribution in [2.24, 2.45) is 10.2 Å². The third-order valence-electron chi connectivity index (χ3n) is 6.65. The van der Waals surface area contributed by atoms with Crippen LogP contribution in [0.15, 0.2) is 110 Å². The molecule has 0 saturated heterocycles. The molecule has 1 unspecified atom stereocenters. The highest BCUT2D eigenvalue weighted by Crippen LogP contribution is 2.68. The Hall–Kier alpha value is -3.29. The lowest BCUT2D eigenvalue weighted by Crippen LogP contribution is -2.27. The standard InChI is InChI=1S/C28H20N4O4S4/c1-13-17(25(35)31(29-13)15-9-5-3-6-10-15)27-37-21-19(33)23-24(20(34)22(21)38-27)40-28(39-23)18-14(2)30-32(26(18)36)16-11-7-4-8-12-16/h3-12,25,33-35H,1-2H3. The van der Waals surface area contributed by atoms with Crippen LogP contribution in [0.2, 0.25) is 0 Å². The van der Waals surface area contributed by atoms with Crippen molar-refractivity contribution < 1.29 is 20.1 Å². The first-order valence-corrected chi connectivity index (χ1v) is 15.4. The van der Waals surface area contributed by atoms with E-state index in [2.05, 4.69) is 10.2 Å². The Kier molecular flexibility index (Phi) is 6.20. The first-order valence-electron chi connectivity index (χ1n) is 12.2. The van der Waals surface area contributed by atoms with Gasteiger partial charge in [-0.1, -0.05) is 83.4 Å². The molecule has 1 amide bonds. The first-order chi connectivity index (χ1) is 19.3. The average molecular weight is 605 g/mol. The minimum atomic E-state index is -0.994. The summed E-state index contributed by atoms with van der Waals surface area (Å²) in [6.45, 7) is 3.62. The number of hydrogen-bond donors (Lipinski definition) is 3. The van der Waals surface area contributed by atoms with Crippen LogP contribution in [0.5, 0.6) is 11.5 Å². The Balaban J connectivity index is 1.21. The zero-order valence-corrected chi connectivity index (χ0v) is 24.3. The number of aliphatic hydroxyl groups excluding tert-OH is 1. The van der Waals surface area contributed by atoms with E-state index in [4.69, 9.17) is 0 Å². The summed E-state index contributed by atoms with van der Waals surface area (Å²) < 4.78 is 1.41. The smallest absolute Gasteiger partial charge is 0.282 e. The van der Waals surface area contributed by atoms with Gasteiger partial charge in [-0.2, -0.15) is 15.2 Å². The summed E-state index contributed by atoms with van der Waals surface area (Å²) in [6, 6.07) is 18.6. The number of hydrazone groups is 2. The van der Waals surface area contributed by atoms with E-state index in [1.54, 1.807) is 11.9 Å². The maximum Gasteiger partial charge on any atom is 0.282 e. The minimum absolute atomic E-state index is 0.0472. The Morgan fingerprint density at radius 2 is 1.20 bits per heavy atom. The van der Waals surface area contributed by atoms with Gasteiger partial charge < -0.3 is 15.3 Å². The third-order valence-corrected chi connectivity index (χ3v) is 11.9. The van der Waals surface area contributed by atoms with E-state index in [1.807, 2.05) is 67.6 Å². The molecular weight excluding hydrogens is 585 g/mol. The number of aromatic hydroxyl groups is 2. The van der Waals surface area contributed by atoms with Crippen molar-refractivity contribution in [1.82, 2.24) is 0 Å². The van der Waals surface area contributed by atoms with E-state index in [-0.39, 0.29) is 17.4 Å². The molecule has 0 aromatic heterocycles. The number of phenols is 2. The van der Waals surface area contributed by atoms with E-state index < -0.39 is 6.23 Å². The third kappa shape index (κ3) is 3.89. The number of thioether (sulfide) groups is 4. The van der Waals surface area contributed by atoms with Gasteiger partial charge in [-0.3, -0.25) is 4.79 Å². The normalized spacial score (nSPS) is 20.0. The fourth-order valence-corrected chi connectivity index (χ4v) is 10.4. The Bertz CT molecular complexity index is 1690. The van der Waals surface area contributed by atoms with Crippen molar-refractivity contribution in [3.8, 4) is 11.5 Å². The number of hydrogen-bond acceptors (Lipinski definition) is 11. The maximum atomic E-state index is 13.4. The summed E-state index contributed by atoms with van der Waals surface area (Å²) in [5, 5.41) is 45.8. The minimum Gasteiger partial charge on any atom is -0.505 e. The largest absolute Gasteiger partial charge is 0.505 e. The summed E-state index contributed by atoms with van der Waals surface area (Å²) in [5.74, 6) is -0.154. The molecule has 3 aromatic rings. The number of phenolic OH excluding ortho intramolecular Hbond substituents is 2. The van der Waals surface area contributed by atoms with Crippen LogP contribution >= 0.6 is 47.0 Å². The molecule has 4 heterocycles. The molecule has 3 aromatic carbocycles. The summed E-state index contributed by atoms with van der Waals surface area (Å²) in [6.07, 6.45) is -0.994. The average Bonchev–Trinajstić information content (AvgIpc) is 3.72. The van der Waals surface area contributed by atoms with Crippen LogP contribution in [0.3, 0.4) is 0 Å². The second-order valence-electron chi connectivity index (χ2n) is 9.16. The molecule has 200 valence electrons. The number of fused-ring (bicyclic) bond motifs is 2. The SMILES string of the molecule is CC1=NN(c2ccccc2)C(=O)C1=C1Sc2c(O)c3c(c(O)c2S1)SC(=C1C(C)=NN(c2ccccc2)C1O)S3. The Labute approximate surface area is 246 Å². The van der Waals surface area contributed by atoms with E-state index in [0.29, 0.717) is 52.1 Å². The molecule has 8 nitrogen and oxygen atoms in total. The topological polar surface area (TPSA) is 109 Å². The van der Waals surface area contributed by atoms with Crippen LogP contribution in [0.4, 0.5) is 11.4 Å². The van der Waals surface area contributed by atoms with Crippen molar-refractivity contribution >= 4 is 75.8 Å². The number of benzene rings is 3. The Morgan fingerprint density at radius 3 is 1.75 bits per heavy atom. The van der Waals surface area contributed by atoms with Gasteiger partial charge in [-0.25, -0.2) is 5.01 Å². The lowest BCUT2D eigenvalue weighted by atomic mass is 10.2. The summed E-state index contributed by atoms with van der Waals surface area (Å²) in [4.78, 5) is 15.4. The highest BCUT2D eigenvalue weighted by Gasteiger charge is 2.41. The van der Waals surface area contributed by atoms with Gasteiger partial charge in [0.25, 0.3) is 5.91 Å². The summed E-state index contributed by atoms with van der Waals surface area (Å²) in [7, 11) is 0. The summed E-state index contributed by atoms with van der Waals surface area (Å²) >= 11 is 5.13. The molecule has 7 rings (SSSR count). The summed E-state index contributed by atoms with van der Waals surface area (Å²) in [5.41, 5.74) is 3.77. The van der Waals surface area contributed by atoms with E-state index in [0.717, 1.165) is 9.92 Å². The fraction of sp³-hybridized carbons (Fsp3) is 0.107. The number of aliphatic hydroxyl groups is 1. The quantitative estimate of drug-likeness (QED) is 0.222. The fourth-order valence-electron chi connectivity index (χ4n) is 4.74. The molecule has 4 aliphatic rings. The van der Waals surface area contributed by atoms with Gasteiger partial charge in [0, 0.05) is 5.57 Å². The lowest BCUT2D eigenvalue weighted by molar-refractivity contribution is -0.114. The van der Waals surface area contributed by atoms with Crippen molar-refractivity contribution in [3.63, 3.8) is 0 Å². The molecule has 3 N–H and O–H groups in total. The molecule has 0 fully saturated rings. The zero-order valence-electron chi connectivity index (χ0n) is 21.0. The van der Waals surface area contributed by atoms with Crippen LogP contribution in [0.25, 0.3) is 0 Å². The van der Waals surface area contributed by atoms with Gasteiger partial charge in [0.05, 0.1) is 56.4 Å². The predicted molar refractivity (Wildman–Crippen MR) is 162 cm³/mol. The second-order valence-corrected chi connectivity index (χ2v) is 13.8. The van der Waals surface area contributed by atoms with Gasteiger partial charge in [0.15, 0.2) is 6.23 Å². The number of para-hydroxylation sites is 2. The molecule has 12 heteroatoms. The van der Waals surface area contributed by atoms with Crippen molar-refractivity contribution in [2.75, 3.05) is 10.0 Å². The number of rotatable bonds is 2. The van der Waals surface area contributed by atoms with Gasteiger partial charge in [-0.15, -0.1) is 0 Å². The highest BCUT2D eigenvalue weighted by atomic mass is 32.2. The molecule has 4 aliphatic heterocycles. The van der Waals surface area contributed by atoms with Crippen molar-refractivity contribution in [3.05, 3.63) is 80.3 Å². The van der Waals surface area contributed by atoms with E-state index in [9.17, 15) is 20.1 Å². The highest BCUT2D eigenvalue weighted by molar-refractivity contribution is 8.26. The Morgan fingerprint density at radius 1 is 0.700 bits per heavy atom. The number of carbonyl (C=O) groups excluding carboxylic acids is 1. The number of amides is 1. The molecule has 0 bridgehead atoms. The van der Waals surface area contributed by atoms with Crippen molar-refractivity contribution in [2.45, 2.75) is 39.7 Å². The van der Waals surface area contributed by atoms with E-state index >= 15 is 0 Å². The number of carbonyl (C=O) groups is 1. The molecular formula is C28H20N4O4S4. The van der Waals surface area contributed by atoms with Gasteiger partial charge in [-0.05, 0) is 38.1 Å². The van der Waals surface area contributed by atoms with Crippen molar-refractivity contribution in [1.29, 1.82) is 0 Å². The first kappa shape index (κ1) is 25.7. The lowest BCUT2D eigenvalue weighted by Gasteiger charge is -2.20. The van der Waals surface area contributed by atoms with Crippen LogP contribution in [0.1, 0.15) is 13.8 Å². The molecule has 40 heavy (non-hydrogen) atoms. The molecule has 0 saturated carbocycles. The van der Waals surface area contributed by atoms with Crippen LogP contribution in [-0.4, -0.2) is 38.9 Å². The van der Waals surface area contributed by atoms with E-state index in [1.165, 1.54) is 52.1 Å². The van der Waals surface area contributed by atoms with Gasteiger partial charge in [0.1, 0.15) is 11.5 Å². The predicted octanol–water partition coefficient (Wildman–Crippen LogP) is 6.55. The zero-order chi connectivity index (χ0) is 27.7. The van der Waals surface area contributed by atoms with Crippen LogP contribution < -0.4 is 10.0 Å². The monoisotopic (exact) mass is 604 g/mol. The van der Waals surface area contributed by atoms with Gasteiger partial charge in [0.2, 0.25) is 0 Å². The molecule has 0 spiro atoms. The van der Waals surface area contributed by atoms with Crippen LogP contribution in [0, 0.1) is 0 Å².